The maximum Gasteiger partial charge on any atom is 0.146 e. The molecule has 0 heterocycles. The van der Waals surface area contributed by atoms with Crippen molar-refractivity contribution in [1.82, 2.24) is 0 Å². The quantitative estimate of drug-likeness (QED) is 0.676. The summed E-state index contributed by atoms with van der Waals surface area (Å²) >= 11 is 0. The second-order valence-corrected chi connectivity index (χ2v) is 5.53. The van der Waals surface area contributed by atoms with Crippen molar-refractivity contribution in [3.63, 3.8) is 0 Å². The number of rotatable bonds is 6. The number of Topliss-reactive ketones (excluding diaryl/α,β-unsaturated/α-hetero) is 1. The van der Waals surface area contributed by atoms with E-state index in [9.17, 15) is 4.79 Å². The van der Waals surface area contributed by atoms with Crippen LogP contribution >= 0.6 is 0 Å². The van der Waals surface area contributed by atoms with Gasteiger partial charge in [-0.25, -0.2) is 0 Å². The summed E-state index contributed by atoms with van der Waals surface area (Å²) in [5, 5.41) is 0. The van der Waals surface area contributed by atoms with Crippen LogP contribution in [0.4, 0.5) is 0 Å². The van der Waals surface area contributed by atoms with E-state index in [0.29, 0.717) is 12.4 Å². The summed E-state index contributed by atoms with van der Waals surface area (Å²) in [6.07, 6.45) is 5.27. The molecule has 88 valence electrons. The van der Waals surface area contributed by atoms with E-state index in [4.69, 9.17) is 4.74 Å². The SMILES string of the molecule is CCCC(C)(C)C(=O)C1(COC)CCC1. The highest BCUT2D eigenvalue weighted by Gasteiger charge is 2.48. The second-order valence-electron chi connectivity index (χ2n) is 5.53. The molecule has 0 bridgehead atoms. The van der Waals surface area contributed by atoms with Gasteiger partial charge in [-0.2, -0.15) is 0 Å². The Bertz CT molecular complexity index is 227. The van der Waals surface area contributed by atoms with Crippen molar-refractivity contribution >= 4 is 5.78 Å². The molecule has 0 N–H and O–H groups in total. The van der Waals surface area contributed by atoms with Crippen molar-refractivity contribution in [3.05, 3.63) is 0 Å². The van der Waals surface area contributed by atoms with Crippen LogP contribution in [-0.2, 0) is 9.53 Å². The molecule has 0 radical (unpaired) electrons. The zero-order valence-corrected chi connectivity index (χ0v) is 10.6. The maximum absolute atomic E-state index is 12.5. The largest absolute Gasteiger partial charge is 0.384 e. The average molecular weight is 212 g/mol. The van der Waals surface area contributed by atoms with Crippen LogP contribution in [0.2, 0.25) is 0 Å². The molecule has 0 spiro atoms. The van der Waals surface area contributed by atoms with Crippen LogP contribution in [0.15, 0.2) is 0 Å². The van der Waals surface area contributed by atoms with E-state index in [0.717, 1.165) is 25.7 Å². The summed E-state index contributed by atoms with van der Waals surface area (Å²) < 4.78 is 5.22. The van der Waals surface area contributed by atoms with Crippen molar-refractivity contribution in [2.45, 2.75) is 52.9 Å². The topological polar surface area (TPSA) is 26.3 Å². The fourth-order valence-corrected chi connectivity index (χ4v) is 2.77. The molecule has 0 aromatic heterocycles. The summed E-state index contributed by atoms with van der Waals surface area (Å²) in [6, 6.07) is 0. The molecule has 2 heteroatoms. The van der Waals surface area contributed by atoms with Gasteiger partial charge in [-0.3, -0.25) is 4.79 Å². The molecule has 1 aliphatic rings. The Labute approximate surface area is 93.4 Å². The highest BCUT2D eigenvalue weighted by atomic mass is 16.5. The van der Waals surface area contributed by atoms with E-state index < -0.39 is 0 Å². The molecule has 0 unspecified atom stereocenters. The van der Waals surface area contributed by atoms with Gasteiger partial charge in [0.25, 0.3) is 0 Å². The zero-order chi connectivity index (χ0) is 11.5. The lowest BCUT2D eigenvalue weighted by atomic mass is 9.60. The maximum atomic E-state index is 12.5. The van der Waals surface area contributed by atoms with Crippen LogP contribution in [0.1, 0.15) is 52.9 Å². The van der Waals surface area contributed by atoms with Crippen LogP contribution < -0.4 is 0 Å². The minimum absolute atomic E-state index is 0.145. The standard InChI is InChI=1S/C13H24O2/c1-5-7-12(2,3)11(14)13(10-15-4)8-6-9-13/h5-10H2,1-4H3. The predicted molar refractivity (Wildman–Crippen MR) is 61.9 cm³/mol. The van der Waals surface area contributed by atoms with Gasteiger partial charge in [0, 0.05) is 12.5 Å². The van der Waals surface area contributed by atoms with Gasteiger partial charge >= 0.3 is 0 Å². The third kappa shape index (κ3) is 2.41. The molecule has 1 fully saturated rings. The van der Waals surface area contributed by atoms with Crippen LogP contribution in [0.25, 0.3) is 0 Å². The van der Waals surface area contributed by atoms with E-state index in [1.54, 1.807) is 7.11 Å². The Hall–Kier alpha value is -0.370. The highest BCUT2D eigenvalue weighted by Crippen LogP contribution is 2.47. The smallest absolute Gasteiger partial charge is 0.146 e. The van der Waals surface area contributed by atoms with Gasteiger partial charge in [0.2, 0.25) is 0 Å². The van der Waals surface area contributed by atoms with Gasteiger partial charge in [0.15, 0.2) is 0 Å². The van der Waals surface area contributed by atoms with Gasteiger partial charge in [0.05, 0.1) is 12.0 Å². The minimum Gasteiger partial charge on any atom is -0.384 e. The second kappa shape index (κ2) is 4.65. The first-order chi connectivity index (χ1) is 6.98. The van der Waals surface area contributed by atoms with Crippen molar-refractivity contribution < 1.29 is 9.53 Å². The van der Waals surface area contributed by atoms with Crippen molar-refractivity contribution in [1.29, 1.82) is 0 Å². The third-order valence-corrected chi connectivity index (χ3v) is 3.70. The predicted octanol–water partition coefficient (Wildman–Crippen LogP) is 3.20. The Morgan fingerprint density at radius 2 is 2.00 bits per heavy atom. The van der Waals surface area contributed by atoms with Crippen molar-refractivity contribution in [2.24, 2.45) is 10.8 Å². The Morgan fingerprint density at radius 1 is 1.40 bits per heavy atom. The number of ether oxygens (including phenoxy) is 1. The molecule has 0 aromatic carbocycles. The molecule has 15 heavy (non-hydrogen) atoms. The fraction of sp³-hybridized carbons (Fsp3) is 0.923. The van der Waals surface area contributed by atoms with E-state index in [2.05, 4.69) is 20.8 Å². The molecule has 0 aliphatic heterocycles. The third-order valence-electron chi connectivity index (χ3n) is 3.70. The fourth-order valence-electron chi connectivity index (χ4n) is 2.77. The van der Waals surface area contributed by atoms with Crippen molar-refractivity contribution in [3.8, 4) is 0 Å². The summed E-state index contributed by atoms with van der Waals surface area (Å²) in [4.78, 5) is 12.5. The first-order valence-corrected chi connectivity index (χ1v) is 6.02. The molecule has 1 aliphatic carbocycles. The Balaban J connectivity index is 2.72. The molecular weight excluding hydrogens is 188 g/mol. The first kappa shape index (κ1) is 12.7. The van der Waals surface area contributed by atoms with Gasteiger partial charge < -0.3 is 4.74 Å². The minimum atomic E-state index is -0.173. The van der Waals surface area contributed by atoms with Crippen LogP contribution in [-0.4, -0.2) is 19.5 Å². The molecule has 0 aromatic rings. The molecule has 1 rings (SSSR count). The summed E-state index contributed by atoms with van der Waals surface area (Å²) in [5.74, 6) is 0.421. The highest BCUT2D eigenvalue weighted by molar-refractivity contribution is 5.90. The number of methoxy groups -OCH3 is 1. The summed E-state index contributed by atoms with van der Waals surface area (Å²) in [5.41, 5.74) is -0.318. The first-order valence-electron chi connectivity index (χ1n) is 6.02. The number of hydrogen-bond donors (Lipinski definition) is 0. The van der Waals surface area contributed by atoms with E-state index >= 15 is 0 Å². The monoisotopic (exact) mass is 212 g/mol. The summed E-state index contributed by atoms with van der Waals surface area (Å²) in [7, 11) is 1.69. The van der Waals surface area contributed by atoms with E-state index in [1.165, 1.54) is 6.42 Å². The van der Waals surface area contributed by atoms with E-state index in [1.807, 2.05) is 0 Å². The van der Waals surface area contributed by atoms with Crippen LogP contribution in [0.3, 0.4) is 0 Å². The van der Waals surface area contributed by atoms with Crippen LogP contribution in [0.5, 0.6) is 0 Å². The number of carbonyl (C=O) groups excluding carboxylic acids is 1. The van der Waals surface area contributed by atoms with Crippen LogP contribution in [0, 0.1) is 10.8 Å². The molecule has 0 atom stereocenters. The number of ketones is 1. The van der Waals surface area contributed by atoms with Gasteiger partial charge in [-0.1, -0.05) is 33.6 Å². The Kier molecular flexibility index (Phi) is 3.93. The molecule has 0 amide bonds. The van der Waals surface area contributed by atoms with Gasteiger partial charge in [-0.05, 0) is 19.3 Å². The van der Waals surface area contributed by atoms with Crippen molar-refractivity contribution in [2.75, 3.05) is 13.7 Å². The molecule has 1 saturated carbocycles. The lowest BCUT2D eigenvalue weighted by molar-refractivity contribution is -0.147. The lowest BCUT2D eigenvalue weighted by Crippen LogP contribution is -2.48. The normalized spacial score (nSPS) is 19.7. The molecular formula is C13H24O2. The summed E-state index contributed by atoms with van der Waals surface area (Å²) in [6.45, 7) is 6.90. The Morgan fingerprint density at radius 3 is 2.33 bits per heavy atom. The van der Waals surface area contributed by atoms with Gasteiger partial charge in [-0.15, -0.1) is 0 Å². The number of carbonyl (C=O) groups is 1. The van der Waals surface area contributed by atoms with E-state index in [-0.39, 0.29) is 10.8 Å². The zero-order valence-electron chi connectivity index (χ0n) is 10.6. The average Bonchev–Trinajstić information content (AvgIpc) is 2.10. The lowest BCUT2D eigenvalue weighted by Gasteiger charge is -2.44. The molecule has 2 nitrogen and oxygen atoms in total. The molecule has 0 saturated heterocycles. The van der Waals surface area contributed by atoms with Gasteiger partial charge in [0.1, 0.15) is 5.78 Å². The number of hydrogen-bond acceptors (Lipinski definition) is 2.